The Morgan fingerprint density at radius 2 is 1.69 bits per heavy atom. The number of ketones is 1. The Balaban J connectivity index is 1.65. The van der Waals surface area contributed by atoms with E-state index in [1.165, 1.54) is 26.1 Å². The van der Waals surface area contributed by atoms with Crippen LogP contribution in [0.15, 0.2) is 36.7 Å². The summed E-state index contributed by atoms with van der Waals surface area (Å²) in [7, 11) is 0. The molecule has 1 aromatic heterocycles. The Kier molecular flexibility index (Phi) is 5.94. The highest BCUT2D eigenvalue weighted by molar-refractivity contribution is 5.94. The van der Waals surface area contributed by atoms with Crippen LogP contribution in [0, 0.1) is 0 Å². The molecular formula is C20H24N4O2. The fourth-order valence-corrected chi connectivity index (χ4v) is 3.17. The summed E-state index contributed by atoms with van der Waals surface area (Å²) < 4.78 is 0. The van der Waals surface area contributed by atoms with Gasteiger partial charge in [0, 0.05) is 23.4 Å². The zero-order valence-corrected chi connectivity index (χ0v) is 15.0. The zero-order valence-electron chi connectivity index (χ0n) is 15.0. The van der Waals surface area contributed by atoms with Gasteiger partial charge in [-0.25, -0.2) is 9.97 Å². The molecule has 6 heteroatoms. The molecule has 0 aliphatic heterocycles. The van der Waals surface area contributed by atoms with Crippen LogP contribution in [0.1, 0.15) is 66.3 Å². The standard InChI is InChI=1S/C20H24N4O2/c1-14(25)15-8-10-17(11-9-15)23-19-12-18(21-13-22-19)20(26)24-16-6-4-2-3-5-7-16/h8-13,16H,2-7H2,1H3,(H,24,26)(H,21,22,23). The van der Waals surface area contributed by atoms with Gasteiger partial charge in [-0.15, -0.1) is 0 Å². The summed E-state index contributed by atoms with van der Waals surface area (Å²) in [4.78, 5) is 32.1. The second-order valence-electron chi connectivity index (χ2n) is 6.71. The van der Waals surface area contributed by atoms with Crippen LogP contribution < -0.4 is 10.6 Å². The van der Waals surface area contributed by atoms with Crippen LogP contribution in [0.5, 0.6) is 0 Å². The van der Waals surface area contributed by atoms with Gasteiger partial charge in [-0.2, -0.15) is 0 Å². The average Bonchev–Trinajstić information content (AvgIpc) is 2.91. The molecule has 2 N–H and O–H groups in total. The van der Waals surface area contributed by atoms with Crippen molar-refractivity contribution in [2.75, 3.05) is 5.32 Å². The molecule has 0 radical (unpaired) electrons. The summed E-state index contributed by atoms with van der Waals surface area (Å²) in [6.07, 6.45) is 8.27. The minimum absolute atomic E-state index is 0.0241. The lowest BCUT2D eigenvalue weighted by Crippen LogP contribution is -2.34. The number of Topliss-reactive ketones (excluding diaryl/α,β-unsaturated/α-hetero) is 1. The van der Waals surface area contributed by atoms with E-state index in [1.54, 1.807) is 18.2 Å². The minimum Gasteiger partial charge on any atom is -0.348 e. The van der Waals surface area contributed by atoms with Gasteiger partial charge in [-0.1, -0.05) is 25.7 Å². The second kappa shape index (κ2) is 8.56. The van der Waals surface area contributed by atoms with Crippen molar-refractivity contribution in [2.24, 2.45) is 0 Å². The molecule has 1 saturated carbocycles. The van der Waals surface area contributed by atoms with E-state index < -0.39 is 0 Å². The SMILES string of the molecule is CC(=O)c1ccc(Nc2cc(C(=O)NC3CCCCCC3)ncn2)cc1. The number of amides is 1. The van der Waals surface area contributed by atoms with Gasteiger partial charge in [-0.3, -0.25) is 9.59 Å². The predicted octanol–water partition coefficient (Wildman–Crippen LogP) is 3.88. The molecule has 0 spiro atoms. The molecule has 1 aliphatic rings. The summed E-state index contributed by atoms with van der Waals surface area (Å²) in [6.45, 7) is 1.53. The summed E-state index contributed by atoms with van der Waals surface area (Å²) in [5.41, 5.74) is 1.80. The number of anilines is 2. The largest absolute Gasteiger partial charge is 0.348 e. The highest BCUT2D eigenvalue weighted by atomic mass is 16.2. The Morgan fingerprint density at radius 3 is 2.35 bits per heavy atom. The monoisotopic (exact) mass is 352 g/mol. The molecule has 1 heterocycles. The molecule has 1 amide bonds. The predicted molar refractivity (Wildman–Crippen MR) is 101 cm³/mol. The molecule has 136 valence electrons. The molecule has 26 heavy (non-hydrogen) atoms. The van der Waals surface area contributed by atoms with E-state index >= 15 is 0 Å². The van der Waals surface area contributed by atoms with Crippen molar-refractivity contribution in [1.29, 1.82) is 0 Å². The summed E-state index contributed by atoms with van der Waals surface area (Å²) in [5, 5.41) is 6.23. The van der Waals surface area contributed by atoms with Crippen molar-refractivity contribution in [3.8, 4) is 0 Å². The normalized spacial score (nSPS) is 15.1. The van der Waals surface area contributed by atoms with Crippen LogP contribution >= 0.6 is 0 Å². The third-order valence-corrected chi connectivity index (χ3v) is 4.65. The van der Waals surface area contributed by atoms with Gasteiger partial charge in [0.05, 0.1) is 0 Å². The molecule has 6 nitrogen and oxygen atoms in total. The van der Waals surface area contributed by atoms with Gasteiger partial charge in [0.2, 0.25) is 0 Å². The molecule has 0 atom stereocenters. The number of hydrogen-bond acceptors (Lipinski definition) is 5. The zero-order chi connectivity index (χ0) is 18.4. The Hall–Kier alpha value is -2.76. The van der Waals surface area contributed by atoms with E-state index in [1.807, 2.05) is 12.1 Å². The number of nitrogens with one attached hydrogen (secondary N) is 2. The topological polar surface area (TPSA) is 84.0 Å². The number of nitrogens with zero attached hydrogens (tertiary/aromatic N) is 2. The lowest BCUT2D eigenvalue weighted by atomic mass is 10.1. The summed E-state index contributed by atoms with van der Waals surface area (Å²) >= 11 is 0. The van der Waals surface area contributed by atoms with E-state index in [0.717, 1.165) is 31.4 Å². The lowest BCUT2D eigenvalue weighted by Gasteiger charge is -2.16. The molecular weight excluding hydrogens is 328 g/mol. The summed E-state index contributed by atoms with van der Waals surface area (Å²) in [6, 6.07) is 9.01. The van der Waals surface area contributed by atoms with E-state index in [2.05, 4.69) is 20.6 Å². The fourth-order valence-electron chi connectivity index (χ4n) is 3.17. The molecule has 2 aromatic rings. The fraction of sp³-hybridized carbons (Fsp3) is 0.400. The van der Waals surface area contributed by atoms with Crippen LogP contribution in [0.4, 0.5) is 11.5 Å². The van der Waals surface area contributed by atoms with Crippen LogP contribution in [0.2, 0.25) is 0 Å². The van der Waals surface area contributed by atoms with Crippen LogP contribution in [-0.2, 0) is 0 Å². The molecule has 3 rings (SSSR count). The highest BCUT2D eigenvalue weighted by Gasteiger charge is 2.17. The number of rotatable bonds is 5. The molecule has 0 bridgehead atoms. The third kappa shape index (κ3) is 4.88. The second-order valence-corrected chi connectivity index (χ2v) is 6.71. The van der Waals surface area contributed by atoms with E-state index in [4.69, 9.17) is 0 Å². The van der Waals surface area contributed by atoms with Crippen molar-refractivity contribution in [3.63, 3.8) is 0 Å². The average molecular weight is 352 g/mol. The van der Waals surface area contributed by atoms with Crippen LogP contribution in [-0.4, -0.2) is 27.7 Å². The minimum atomic E-state index is -0.158. The van der Waals surface area contributed by atoms with Crippen LogP contribution in [0.25, 0.3) is 0 Å². The number of aromatic nitrogens is 2. The van der Waals surface area contributed by atoms with Crippen molar-refractivity contribution in [2.45, 2.75) is 51.5 Å². The maximum absolute atomic E-state index is 12.5. The van der Waals surface area contributed by atoms with Crippen molar-refractivity contribution in [1.82, 2.24) is 15.3 Å². The first kappa shape index (κ1) is 18.0. The van der Waals surface area contributed by atoms with Gasteiger partial charge < -0.3 is 10.6 Å². The summed E-state index contributed by atoms with van der Waals surface area (Å²) in [5.74, 6) is 0.409. The Morgan fingerprint density at radius 1 is 1.00 bits per heavy atom. The smallest absolute Gasteiger partial charge is 0.270 e. The van der Waals surface area contributed by atoms with E-state index in [0.29, 0.717) is 17.1 Å². The van der Waals surface area contributed by atoms with Crippen LogP contribution in [0.3, 0.4) is 0 Å². The molecule has 1 aromatic carbocycles. The molecule has 0 unspecified atom stereocenters. The highest BCUT2D eigenvalue weighted by Crippen LogP contribution is 2.18. The maximum Gasteiger partial charge on any atom is 0.270 e. The first-order chi connectivity index (χ1) is 12.6. The van der Waals surface area contributed by atoms with E-state index in [-0.39, 0.29) is 17.7 Å². The molecule has 1 fully saturated rings. The van der Waals surface area contributed by atoms with Gasteiger partial charge >= 0.3 is 0 Å². The van der Waals surface area contributed by atoms with Crippen molar-refractivity contribution < 1.29 is 9.59 Å². The van der Waals surface area contributed by atoms with Gasteiger partial charge in [0.1, 0.15) is 17.8 Å². The van der Waals surface area contributed by atoms with Gasteiger partial charge in [0.15, 0.2) is 5.78 Å². The lowest BCUT2D eigenvalue weighted by molar-refractivity contribution is 0.0927. The third-order valence-electron chi connectivity index (χ3n) is 4.65. The number of hydrogen-bond donors (Lipinski definition) is 2. The maximum atomic E-state index is 12.5. The molecule has 0 saturated heterocycles. The first-order valence-electron chi connectivity index (χ1n) is 9.13. The molecule has 1 aliphatic carbocycles. The Bertz CT molecular complexity index is 766. The van der Waals surface area contributed by atoms with Crippen molar-refractivity contribution >= 4 is 23.2 Å². The van der Waals surface area contributed by atoms with E-state index in [9.17, 15) is 9.59 Å². The van der Waals surface area contributed by atoms with Gasteiger partial charge in [-0.05, 0) is 44.0 Å². The first-order valence-corrected chi connectivity index (χ1v) is 9.13. The number of carbonyl (C=O) groups is 2. The number of benzene rings is 1. The van der Waals surface area contributed by atoms with Crippen molar-refractivity contribution in [3.05, 3.63) is 47.9 Å². The number of carbonyl (C=O) groups excluding carboxylic acids is 2. The Labute approximate surface area is 153 Å². The quantitative estimate of drug-likeness (QED) is 0.630. The van der Waals surface area contributed by atoms with Gasteiger partial charge in [0.25, 0.3) is 5.91 Å².